The van der Waals surface area contributed by atoms with E-state index in [1.807, 2.05) is 0 Å². The Morgan fingerprint density at radius 2 is 0.360 bits per heavy atom. The zero-order chi connectivity index (χ0) is 54.3. The molecule has 0 N–H and O–H groups in total. The Balaban J connectivity index is 4.18. The molecule has 0 aliphatic rings. The number of unbranched alkanes of at least 4 members (excludes halogenated alkanes) is 54. The van der Waals surface area contributed by atoms with Gasteiger partial charge in [0.25, 0.3) is 0 Å². The summed E-state index contributed by atoms with van der Waals surface area (Å²) in [6, 6.07) is 0. The van der Waals surface area contributed by atoms with Gasteiger partial charge in [-0.15, -0.1) is 0 Å². The second kappa shape index (κ2) is 64.9. The third-order valence-electron chi connectivity index (χ3n) is 16.1. The molecular formula is C69H134O6. The Hall–Kier alpha value is -1.59. The predicted octanol–water partition coefficient (Wildman–Crippen LogP) is 23.5. The summed E-state index contributed by atoms with van der Waals surface area (Å²) in [7, 11) is 0. The van der Waals surface area contributed by atoms with Crippen molar-refractivity contribution < 1.29 is 28.6 Å². The lowest BCUT2D eigenvalue weighted by atomic mass is 10.0. The van der Waals surface area contributed by atoms with Crippen molar-refractivity contribution >= 4 is 17.9 Å². The molecule has 6 nitrogen and oxygen atoms in total. The summed E-state index contributed by atoms with van der Waals surface area (Å²) in [5.41, 5.74) is 0. The van der Waals surface area contributed by atoms with Crippen LogP contribution in [0.3, 0.4) is 0 Å². The zero-order valence-electron chi connectivity index (χ0n) is 51.4. The molecular weight excluding hydrogens is 925 g/mol. The molecule has 0 amide bonds. The molecule has 0 heterocycles. The second-order valence-electron chi connectivity index (χ2n) is 23.8. The Morgan fingerprint density at radius 3 is 0.533 bits per heavy atom. The van der Waals surface area contributed by atoms with Crippen molar-refractivity contribution in [1.29, 1.82) is 0 Å². The number of hydrogen-bond acceptors (Lipinski definition) is 6. The van der Waals surface area contributed by atoms with E-state index in [0.29, 0.717) is 19.3 Å². The van der Waals surface area contributed by atoms with Crippen LogP contribution < -0.4 is 0 Å². The maximum atomic E-state index is 12.9. The van der Waals surface area contributed by atoms with Crippen molar-refractivity contribution in [2.24, 2.45) is 0 Å². The van der Waals surface area contributed by atoms with Gasteiger partial charge in [-0.05, 0) is 19.3 Å². The normalized spacial score (nSPS) is 11.9. The Kier molecular flexibility index (Phi) is 63.6. The molecule has 0 aromatic heterocycles. The molecule has 446 valence electrons. The number of ether oxygens (including phenoxy) is 3. The maximum Gasteiger partial charge on any atom is 0.306 e. The van der Waals surface area contributed by atoms with Crippen LogP contribution in [0.4, 0.5) is 0 Å². The number of hydrogen-bond donors (Lipinski definition) is 0. The van der Waals surface area contributed by atoms with Crippen molar-refractivity contribution in [3.8, 4) is 0 Å². The molecule has 0 aliphatic heterocycles. The highest BCUT2D eigenvalue weighted by Crippen LogP contribution is 2.19. The first-order valence-electron chi connectivity index (χ1n) is 34.5. The van der Waals surface area contributed by atoms with Crippen LogP contribution in [0.25, 0.3) is 0 Å². The van der Waals surface area contributed by atoms with Gasteiger partial charge in [0.05, 0.1) is 0 Å². The highest BCUT2D eigenvalue weighted by atomic mass is 16.6. The molecule has 0 bridgehead atoms. The smallest absolute Gasteiger partial charge is 0.306 e. The van der Waals surface area contributed by atoms with Crippen molar-refractivity contribution in [2.45, 2.75) is 412 Å². The van der Waals surface area contributed by atoms with E-state index in [2.05, 4.69) is 20.8 Å². The number of carbonyl (C=O) groups excluding carboxylic acids is 3. The number of carbonyl (C=O) groups is 3. The van der Waals surface area contributed by atoms with Gasteiger partial charge in [-0.25, -0.2) is 0 Å². The van der Waals surface area contributed by atoms with Crippen LogP contribution in [0, 0.1) is 0 Å². The van der Waals surface area contributed by atoms with E-state index in [4.69, 9.17) is 14.2 Å². The van der Waals surface area contributed by atoms with Gasteiger partial charge >= 0.3 is 17.9 Å². The minimum atomic E-state index is -0.763. The quantitative estimate of drug-likeness (QED) is 0.0343. The summed E-state index contributed by atoms with van der Waals surface area (Å²) >= 11 is 0. The van der Waals surface area contributed by atoms with Crippen LogP contribution in [-0.2, 0) is 28.6 Å². The number of rotatable bonds is 65. The van der Waals surface area contributed by atoms with Crippen LogP contribution >= 0.6 is 0 Å². The molecule has 0 saturated carbocycles. The highest BCUT2D eigenvalue weighted by molar-refractivity contribution is 5.71. The minimum absolute atomic E-state index is 0.0603. The first kappa shape index (κ1) is 73.4. The molecule has 1 atom stereocenters. The van der Waals surface area contributed by atoms with E-state index >= 15 is 0 Å². The van der Waals surface area contributed by atoms with Gasteiger partial charge in [-0.2, -0.15) is 0 Å². The first-order valence-corrected chi connectivity index (χ1v) is 34.5. The molecule has 0 aromatic rings. The zero-order valence-corrected chi connectivity index (χ0v) is 51.4. The molecule has 0 radical (unpaired) electrons. The molecule has 0 rings (SSSR count). The largest absolute Gasteiger partial charge is 0.462 e. The van der Waals surface area contributed by atoms with Crippen LogP contribution in [0.1, 0.15) is 406 Å². The predicted molar refractivity (Wildman–Crippen MR) is 326 cm³/mol. The first-order chi connectivity index (χ1) is 37.0. The summed E-state index contributed by atoms with van der Waals surface area (Å²) < 4.78 is 17.0. The summed E-state index contributed by atoms with van der Waals surface area (Å²) in [4.78, 5) is 38.4. The van der Waals surface area contributed by atoms with Gasteiger partial charge < -0.3 is 14.2 Å². The lowest BCUT2D eigenvalue weighted by Gasteiger charge is -2.18. The lowest BCUT2D eigenvalue weighted by molar-refractivity contribution is -0.167. The molecule has 0 aromatic carbocycles. The van der Waals surface area contributed by atoms with E-state index < -0.39 is 6.10 Å². The average molecular weight is 1060 g/mol. The van der Waals surface area contributed by atoms with Crippen LogP contribution in [0.15, 0.2) is 0 Å². The number of esters is 3. The average Bonchev–Trinajstić information content (AvgIpc) is 3.41. The molecule has 1 unspecified atom stereocenters. The van der Waals surface area contributed by atoms with Crippen molar-refractivity contribution in [2.75, 3.05) is 13.2 Å². The van der Waals surface area contributed by atoms with Crippen LogP contribution in [0.5, 0.6) is 0 Å². The summed E-state index contributed by atoms with van der Waals surface area (Å²) in [5, 5.41) is 0. The standard InChI is InChI=1S/C69H134O6/c1-4-7-10-13-16-19-22-25-28-30-31-32-33-34-35-36-37-38-39-42-44-47-50-53-56-59-62-68(71)74-65-66(64-73-67(70)61-58-55-52-49-46-43-40-27-24-21-18-15-12-9-6-3)75-69(72)63-60-57-54-51-48-45-41-29-26-23-20-17-14-11-8-5-2/h66H,4-65H2,1-3H3. The van der Waals surface area contributed by atoms with Crippen molar-refractivity contribution in [3.05, 3.63) is 0 Å². The molecule has 75 heavy (non-hydrogen) atoms. The topological polar surface area (TPSA) is 78.9 Å². The fourth-order valence-electron chi connectivity index (χ4n) is 10.9. The molecule has 6 heteroatoms. The molecule has 0 saturated heterocycles. The lowest BCUT2D eigenvalue weighted by Crippen LogP contribution is -2.30. The Bertz CT molecular complexity index is 1120. The van der Waals surface area contributed by atoms with Gasteiger partial charge in [-0.1, -0.05) is 367 Å². The SMILES string of the molecule is CCCCCCCCCCCCCCCCCCCCCCCCCCCCC(=O)OCC(COC(=O)CCCCCCCCCCCCCCCCC)OC(=O)CCCCCCCCCCCCCCCCCC. The highest BCUT2D eigenvalue weighted by Gasteiger charge is 2.19. The van der Waals surface area contributed by atoms with E-state index in [0.717, 1.165) is 57.8 Å². The van der Waals surface area contributed by atoms with Crippen LogP contribution in [-0.4, -0.2) is 37.2 Å². The summed E-state index contributed by atoms with van der Waals surface area (Å²) in [5.74, 6) is -0.821. The summed E-state index contributed by atoms with van der Waals surface area (Å²) in [6.07, 6.45) is 75.6. The van der Waals surface area contributed by atoms with Crippen LogP contribution in [0.2, 0.25) is 0 Å². The Morgan fingerprint density at radius 1 is 0.213 bits per heavy atom. The van der Waals surface area contributed by atoms with Gasteiger partial charge in [0.15, 0.2) is 6.10 Å². The molecule has 0 spiro atoms. The van der Waals surface area contributed by atoms with E-state index in [-0.39, 0.29) is 31.1 Å². The van der Waals surface area contributed by atoms with Gasteiger partial charge in [0.1, 0.15) is 13.2 Å². The fraction of sp³-hybridized carbons (Fsp3) is 0.957. The van der Waals surface area contributed by atoms with Crippen molar-refractivity contribution in [3.63, 3.8) is 0 Å². The molecule has 0 aliphatic carbocycles. The fourth-order valence-corrected chi connectivity index (χ4v) is 10.9. The van der Waals surface area contributed by atoms with Gasteiger partial charge in [-0.3, -0.25) is 14.4 Å². The maximum absolute atomic E-state index is 12.9. The second-order valence-corrected chi connectivity index (χ2v) is 23.8. The molecule has 0 fully saturated rings. The van der Waals surface area contributed by atoms with E-state index in [1.54, 1.807) is 0 Å². The van der Waals surface area contributed by atoms with Crippen molar-refractivity contribution in [1.82, 2.24) is 0 Å². The third kappa shape index (κ3) is 63.1. The Labute approximate surface area is 469 Å². The monoisotopic (exact) mass is 1060 g/mol. The minimum Gasteiger partial charge on any atom is -0.462 e. The van der Waals surface area contributed by atoms with E-state index in [1.165, 1.54) is 308 Å². The third-order valence-corrected chi connectivity index (χ3v) is 16.1. The van der Waals surface area contributed by atoms with Gasteiger partial charge in [0.2, 0.25) is 0 Å². The summed E-state index contributed by atoms with van der Waals surface area (Å²) in [6.45, 7) is 6.74. The van der Waals surface area contributed by atoms with E-state index in [9.17, 15) is 14.4 Å². The van der Waals surface area contributed by atoms with Gasteiger partial charge in [0, 0.05) is 19.3 Å².